The Bertz CT molecular complexity index is 709. The summed E-state index contributed by atoms with van der Waals surface area (Å²) in [5.74, 6) is 2.97. The summed E-state index contributed by atoms with van der Waals surface area (Å²) in [7, 11) is 0. The average molecular weight is 379 g/mol. The van der Waals surface area contributed by atoms with Crippen LogP contribution in [-0.4, -0.2) is 15.8 Å². The fourth-order valence-corrected chi connectivity index (χ4v) is 4.90. The summed E-state index contributed by atoms with van der Waals surface area (Å²) in [4.78, 5) is 21.2. The minimum atomic E-state index is -0.0208. The number of hydrogen-bond donors (Lipinski definition) is 0. The maximum atomic E-state index is 12.4. The molecule has 3 rings (SSSR count). The second kappa shape index (κ2) is 8.04. The molecule has 1 aliphatic rings. The maximum Gasteiger partial charge on any atom is 0.204 e. The van der Waals surface area contributed by atoms with Crippen molar-refractivity contribution in [3.05, 3.63) is 29.1 Å². The SMILES string of the molecule is CC(C)(C)c1cnc(CSc2cnc(CC(=O)C3CCCCC3)s2)o1. The number of carbonyl (C=O) groups is 1. The number of hydrogen-bond acceptors (Lipinski definition) is 6. The average Bonchev–Trinajstić information content (AvgIpc) is 3.22. The molecule has 0 aliphatic heterocycles. The molecule has 6 heteroatoms. The highest BCUT2D eigenvalue weighted by molar-refractivity contribution is 8.00. The lowest BCUT2D eigenvalue weighted by Crippen LogP contribution is -2.19. The van der Waals surface area contributed by atoms with E-state index < -0.39 is 0 Å². The van der Waals surface area contributed by atoms with E-state index in [9.17, 15) is 4.79 Å². The van der Waals surface area contributed by atoms with Crippen molar-refractivity contribution in [1.82, 2.24) is 9.97 Å². The molecule has 0 saturated heterocycles. The number of Topliss-reactive ketones (excluding diaryl/α,β-unsaturated/α-hetero) is 1. The van der Waals surface area contributed by atoms with Crippen molar-refractivity contribution in [2.75, 3.05) is 0 Å². The zero-order chi connectivity index (χ0) is 17.9. The molecule has 0 atom stereocenters. The van der Waals surface area contributed by atoms with Crippen LogP contribution < -0.4 is 0 Å². The lowest BCUT2D eigenvalue weighted by molar-refractivity contribution is -0.123. The van der Waals surface area contributed by atoms with Gasteiger partial charge in [0.05, 0.1) is 28.8 Å². The van der Waals surface area contributed by atoms with Gasteiger partial charge in [-0.3, -0.25) is 4.79 Å². The summed E-state index contributed by atoms with van der Waals surface area (Å²) in [5, 5.41) is 0.931. The van der Waals surface area contributed by atoms with E-state index in [1.165, 1.54) is 19.3 Å². The lowest BCUT2D eigenvalue weighted by atomic mass is 9.85. The Balaban J connectivity index is 1.51. The van der Waals surface area contributed by atoms with Gasteiger partial charge >= 0.3 is 0 Å². The van der Waals surface area contributed by atoms with E-state index >= 15 is 0 Å². The fraction of sp³-hybridized carbons (Fsp3) is 0.632. The number of thiazole rings is 1. The topological polar surface area (TPSA) is 56.0 Å². The van der Waals surface area contributed by atoms with Gasteiger partial charge in [-0.2, -0.15) is 0 Å². The third-order valence-corrected chi connectivity index (χ3v) is 6.73. The molecule has 0 N–H and O–H groups in total. The number of nitrogens with zero attached hydrogens (tertiary/aromatic N) is 2. The highest BCUT2D eigenvalue weighted by Crippen LogP contribution is 2.31. The molecule has 1 aliphatic carbocycles. The van der Waals surface area contributed by atoms with E-state index in [-0.39, 0.29) is 11.3 Å². The highest BCUT2D eigenvalue weighted by atomic mass is 32.2. The normalized spacial score (nSPS) is 16.3. The van der Waals surface area contributed by atoms with Gasteiger partial charge in [0.25, 0.3) is 0 Å². The molecule has 1 saturated carbocycles. The molecule has 0 radical (unpaired) electrons. The number of oxazole rings is 1. The van der Waals surface area contributed by atoms with Crippen LogP contribution >= 0.6 is 23.1 Å². The van der Waals surface area contributed by atoms with Gasteiger partial charge in [-0.05, 0) is 12.8 Å². The van der Waals surface area contributed by atoms with Crippen LogP contribution in [0.25, 0.3) is 0 Å². The Morgan fingerprint density at radius 2 is 2.00 bits per heavy atom. The molecule has 0 spiro atoms. The van der Waals surface area contributed by atoms with E-state index in [1.807, 2.05) is 12.4 Å². The first kappa shape index (κ1) is 18.6. The van der Waals surface area contributed by atoms with Gasteiger partial charge in [-0.1, -0.05) is 40.0 Å². The van der Waals surface area contributed by atoms with Crippen molar-refractivity contribution >= 4 is 28.9 Å². The molecular formula is C19H26N2O2S2. The van der Waals surface area contributed by atoms with Crippen LogP contribution in [0, 0.1) is 5.92 Å². The zero-order valence-electron chi connectivity index (χ0n) is 15.2. The summed E-state index contributed by atoms with van der Waals surface area (Å²) < 4.78 is 6.93. The van der Waals surface area contributed by atoms with Crippen LogP contribution in [0.2, 0.25) is 0 Å². The smallest absolute Gasteiger partial charge is 0.204 e. The van der Waals surface area contributed by atoms with E-state index in [0.717, 1.165) is 33.7 Å². The van der Waals surface area contributed by atoms with Crippen molar-refractivity contribution in [2.45, 2.75) is 74.7 Å². The van der Waals surface area contributed by atoms with Crippen molar-refractivity contribution in [2.24, 2.45) is 5.92 Å². The van der Waals surface area contributed by atoms with Crippen LogP contribution in [0.15, 0.2) is 21.0 Å². The fourth-order valence-electron chi connectivity index (χ4n) is 3.02. The molecule has 1 fully saturated rings. The lowest BCUT2D eigenvalue weighted by Gasteiger charge is -2.19. The van der Waals surface area contributed by atoms with Crippen LogP contribution in [0.1, 0.15) is 69.5 Å². The first-order valence-electron chi connectivity index (χ1n) is 8.97. The van der Waals surface area contributed by atoms with Gasteiger partial charge in [-0.25, -0.2) is 9.97 Å². The summed E-state index contributed by atoms with van der Waals surface area (Å²) in [5.41, 5.74) is -0.0208. The van der Waals surface area contributed by atoms with E-state index in [4.69, 9.17) is 4.42 Å². The Morgan fingerprint density at radius 1 is 1.24 bits per heavy atom. The quantitative estimate of drug-likeness (QED) is 0.629. The van der Waals surface area contributed by atoms with Crippen molar-refractivity contribution in [3.8, 4) is 0 Å². The Labute approximate surface area is 157 Å². The van der Waals surface area contributed by atoms with Crippen LogP contribution in [0.3, 0.4) is 0 Å². The summed E-state index contributed by atoms with van der Waals surface area (Å²) in [6, 6.07) is 0. The Hall–Kier alpha value is -1.14. The third kappa shape index (κ3) is 5.17. The molecule has 4 nitrogen and oxygen atoms in total. The standard InChI is InChI=1S/C19H26N2O2S2/c1-19(2,3)15-10-20-16(23-15)12-24-18-11-21-17(25-18)9-14(22)13-7-5-4-6-8-13/h10-11,13H,4-9,12H2,1-3H3. The predicted molar refractivity (Wildman–Crippen MR) is 102 cm³/mol. The van der Waals surface area contributed by atoms with Gasteiger partial charge in [0.1, 0.15) is 16.6 Å². The summed E-state index contributed by atoms with van der Waals surface area (Å²) in [6.07, 6.45) is 9.97. The molecule has 2 aromatic rings. The first-order chi connectivity index (χ1) is 11.9. The molecule has 136 valence electrons. The molecule has 2 heterocycles. The van der Waals surface area contributed by atoms with Crippen LogP contribution in [0.5, 0.6) is 0 Å². The Kier molecular flexibility index (Phi) is 6.00. The van der Waals surface area contributed by atoms with E-state index in [1.54, 1.807) is 23.1 Å². The molecule has 2 aromatic heterocycles. The zero-order valence-corrected chi connectivity index (χ0v) is 16.8. The minimum absolute atomic E-state index is 0.0208. The van der Waals surface area contributed by atoms with Gasteiger partial charge in [0, 0.05) is 11.3 Å². The molecule has 0 aromatic carbocycles. The van der Waals surface area contributed by atoms with Crippen molar-refractivity contribution < 1.29 is 9.21 Å². The number of rotatable bonds is 6. The number of ketones is 1. The second-order valence-corrected chi connectivity index (χ2v) is 10.1. The molecular weight excluding hydrogens is 352 g/mol. The van der Waals surface area contributed by atoms with Gasteiger partial charge in [-0.15, -0.1) is 23.1 Å². The van der Waals surface area contributed by atoms with Crippen LogP contribution in [-0.2, 0) is 22.4 Å². The number of carbonyl (C=O) groups excluding carboxylic acids is 1. The summed E-state index contributed by atoms with van der Waals surface area (Å²) >= 11 is 3.29. The highest BCUT2D eigenvalue weighted by Gasteiger charge is 2.22. The number of thioether (sulfide) groups is 1. The predicted octanol–water partition coefficient (Wildman–Crippen LogP) is 5.41. The molecule has 0 amide bonds. The minimum Gasteiger partial charge on any atom is -0.444 e. The van der Waals surface area contributed by atoms with Gasteiger partial charge in [0.2, 0.25) is 5.89 Å². The second-order valence-electron chi connectivity index (χ2n) is 7.71. The molecule has 0 bridgehead atoms. The van der Waals surface area contributed by atoms with Crippen molar-refractivity contribution in [3.63, 3.8) is 0 Å². The van der Waals surface area contributed by atoms with Crippen molar-refractivity contribution in [1.29, 1.82) is 0 Å². The molecule has 0 unspecified atom stereocenters. The van der Waals surface area contributed by atoms with Gasteiger partial charge in [0.15, 0.2) is 0 Å². The summed E-state index contributed by atoms with van der Waals surface area (Å²) in [6.45, 7) is 6.34. The first-order valence-corrected chi connectivity index (χ1v) is 10.8. The molecule has 25 heavy (non-hydrogen) atoms. The Morgan fingerprint density at radius 3 is 2.68 bits per heavy atom. The monoisotopic (exact) mass is 378 g/mol. The third-order valence-electron chi connectivity index (χ3n) is 4.55. The van der Waals surface area contributed by atoms with Crippen LogP contribution in [0.4, 0.5) is 0 Å². The van der Waals surface area contributed by atoms with Gasteiger partial charge < -0.3 is 4.42 Å². The van der Waals surface area contributed by atoms with E-state index in [2.05, 4.69) is 30.7 Å². The van der Waals surface area contributed by atoms with E-state index in [0.29, 0.717) is 18.0 Å². The largest absolute Gasteiger partial charge is 0.444 e. The maximum absolute atomic E-state index is 12.4. The number of aromatic nitrogens is 2.